The van der Waals surface area contributed by atoms with Crippen LogP contribution >= 0.6 is 0 Å². The number of fused-ring (bicyclic) bond motifs is 1. The number of hydrogen-bond acceptors (Lipinski definition) is 6. The quantitative estimate of drug-likeness (QED) is 0.641. The molecule has 1 atom stereocenters. The van der Waals surface area contributed by atoms with Gasteiger partial charge in [-0.1, -0.05) is 24.3 Å². The molecule has 1 unspecified atom stereocenters. The van der Waals surface area contributed by atoms with Crippen LogP contribution < -0.4 is 10.6 Å². The van der Waals surface area contributed by atoms with Gasteiger partial charge >= 0.3 is 0 Å². The van der Waals surface area contributed by atoms with Gasteiger partial charge < -0.3 is 15.4 Å². The number of benzene rings is 2. The number of rotatable bonds is 6. The number of nitrogens with zero attached hydrogens (tertiary/aromatic N) is 2. The zero-order valence-electron chi connectivity index (χ0n) is 15.2. The van der Waals surface area contributed by atoms with Crippen LogP contribution in [0.15, 0.2) is 48.5 Å². The number of carbonyl (C=O) groups is 1. The van der Waals surface area contributed by atoms with E-state index in [1.807, 2.05) is 36.4 Å². The smallest absolute Gasteiger partial charge is 0.229 e. The van der Waals surface area contributed by atoms with Gasteiger partial charge in [-0.3, -0.25) is 4.79 Å². The summed E-state index contributed by atoms with van der Waals surface area (Å²) in [5.41, 5.74) is 2.29. The van der Waals surface area contributed by atoms with Crippen LogP contribution in [0.5, 0.6) is 0 Å². The topological polar surface area (TPSA) is 76.1 Å². The fourth-order valence-electron chi connectivity index (χ4n) is 3.23. The molecule has 6 nitrogen and oxygen atoms in total. The lowest BCUT2D eigenvalue weighted by Crippen LogP contribution is -2.19. The molecule has 2 aromatic carbocycles. The molecule has 27 heavy (non-hydrogen) atoms. The van der Waals surface area contributed by atoms with Crippen LogP contribution in [0.2, 0.25) is 0 Å². The molecule has 1 aliphatic heterocycles. The largest absolute Gasteiger partial charge is 0.376 e. The second-order valence-electron chi connectivity index (χ2n) is 6.69. The Bertz CT molecular complexity index is 967. The Morgan fingerprint density at radius 1 is 1.19 bits per heavy atom. The van der Waals surface area contributed by atoms with Gasteiger partial charge in [0, 0.05) is 29.8 Å². The van der Waals surface area contributed by atoms with Crippen LogP contribution in [0, 0.1) is 0 Å². The van der Waals surface area contributed by atoms with Crippen LogP contribution in [-0.4, -0.2) is 35.0 Å². The maximum Gasteiger partial charge on any atom is 0.229 e. The highest BCUT2D eigenvalue weighted by Crippen LogP contribution is 2.24. The molecule has 2 N–H and O–H groups in total. The molecular formula is C21H22N4O2. The first kappa shape index (κ1) is 17.4. The normalized spacial score (nSPS) is 16.4. The summed E-state index contributed by atoms with van der Waals surface area (Å²) in [6.45, 7) is 3.11. The first-order valence-electron chi connectivity index (χ1n) is 9.19. The van der Waals surface area contributed by atoms with E-state index in [1.165, 1.54) is 0 Å². The van der Waals surface area contributed by atoms with Gasteiger partial charge in [0.2, 0.25) is 5.95 Å². The standard InChI is InChI=1S/C21H22N4O2/c1-14(26)15-6-4-7-16(12-15)23-21-24-19-10-3-2-9-18(19)20(25-21)22-13-17-8-5-11-27-17/h2-4,6-7,9-10,12,17H,5,8,11,13H2,1H3,(H2,22,23,24,25). The van der Waals surface area contributed by atoms with Crippen LogP contribution in [0.3, 0.4) is 0 Å². The molecule has 0 radical (unpaired) electrons. The maximum atomic E-state index is 11.6. The van der Waals surface area contributed by atoms with E-state index in [1.54, 1.807) is 19.1 Å². The summed E-state index contributed by atoms with van der Waals surface area (Å²) in [4.78, 5) is 20.9. The lowest BCUT2D eigenvalue weighted by atomic mass is 10.1. The fraction of sp³-hybridized carbons (Fsp3) is 0.286. The third kappa shape index (κ3) is 4.06. The van der Waals surface area contributed by atoms with Crippen LogP contribution in [-0.2, 0) is 4.74 Å². The van der Waals surface area contributed by atoms with E-state index in [-0.39, 0.29) is 11.9 Å². The number of anilines is 3. The molecule has 0 bridgehead atoms. The summed E-state index contributed by atoms with van der Waals surface area (Å²) in [6, 6.07) is 15.2. The Hall–Kier alpha value is -2.99. The van der Waals surface area contributed by atoms with Gasteiger partial charge in [-0.05, 0) is 44.0 Å². The molecule has 0 spiro atoms. The van der Waals surface area contributed by atoms with Crippen molar-refractivity contribution in [3.63, 3.8) is 0 Å². The van der Waals surface area contributed by atoms with Crippen LogP contribution in [0.25, 0.3) is 10.9 Å². The molecule has 6 heteroatoms. The Balaban J connectivity index is 1.62. The van der Waals surface area contributed by atoms with Gasteiger partial charge in [-0.2, -0.15) is 4.98 Å². The van der Waals surface area contributed by atoms with Gasteiger partial charge in [0.05, 0.1) is 11.6 Å². The summed E-state index contributed by atoms with van der Waals surface area (Å²) in [6.07, 6.45) is 2.40. The summed E-state index contributed by atoms with van der Waals surface area (Å²) in [5.74, 6) is 1.29. The van der Waals surface area contributed by atoms with Crippen molar-refractivity contribution in [2.45, 2.75) is 25.9 Å². The van der Waals surface area contributed by atoms with Crippen LogP contribution in [0.4, 0.5) is 17.5 Å². The van der Waals surface area contributed by atoms with Crippen LogP contribution in [0.1, 0.15) is 30.1 Å². The fourth-order valence-corrected chi connectivity index (χ4v) is 3.23. The highest BCUT2D eigenvalue weighted by Gasteiger charge is 2.16. The summed E-state index contributed by atoms with van der Waals surface area (Å²) >= 11 is 0. The Morgan fingerprint density at radius 2 is 2.07 bits per heavy atom. The van der Waals surface area contributed by atoms with E-state index in [0.29, 0.717) is 11.5 Å². The monoisotopic (exact) mass is 362 g/mol. The molecule has 1 fully saturated rings. The number of ether oxygens (including phenoxy) is 1. The predicted molar refractivity (Wildman–Crippen MR) is 107 cm³/mol. The first-order chi connectivity index (χ1) is 13.2. The van der Waals surface area contributed by atoms with E-state index in [4.69, 9.17) is 4.74 Å². The van der Waals surface area contributed by atoms with E-state index in [9.17, 15) is 4.79 Å². The van der Waals surface area contributed by atoms with Gasteiger partial charge in [-0.15, -0.1) is 0 Å². The third-order valence-corrected chi connectivity index (χ3v) is 4.65. The average Bonchev–Trinajstić information content (AvgIpc) is 3.20. The Morgan fingerprint density at radius 3 is 2.89 bits per heavy atom. The molecule has 4 rings (SSSR count). The van der Waals surface area contributed by atoms with Crippen molar-refractivity contribution in [3.05, 3.63) is 54.1 Å². The number of hydrogen-bond donors (Lipinski definition) is 2. The summed E-state index contributed by atoms with van der Waals surface area (Å²) in [5, 5.41) is 7.60. The van der Waals surface area contributed by atoms with Crippen molar-refractivity contribution in [1.82, 2.24) is 9.97 Å². The zero-order chi connectivity index (χ0) is 18.6. The zero-order valence-corrected chi connectivity index (χ0v) is 15.2. The second-order valence-corrected chi connectivity index (χ2v) is 6.69. The molecule has 0 amide bonds. The van der Waals surface area contributed by atoms with Crippen molar-refractivity contribution >= 4 is 34.1 Å². The van der Waals surface area contributed by atoms with E-state index < -0.39 is 0 Å². The molecule has 0 saturated carbocycles. The summed E-state index contributed by atoms with van der Waals surface area (Å²) < 4.78 is 5.69. The van der Waals surface area contributed by atoms with Gasteiger partial charge in [-0.25, -0.2) is 4.98 Å². The predicted octanol–water partition coefficient (Wildman–Crippen LogP) is 4.17. The minimum absolute atomic E-state index is 0.0250. The van der Waals surface area contributed by atoms with Gasteiger partial charge in [0.1, 0.15) is 5.82 Å². The number of aromatic nitrogens is 2. The average molecular weight is 362 g/mol. The minimum Gasteiger partial charge on any atom is -0.376 e. The van der Waals surface area contributed by atoms with Crippen molar-refractivity contribution in [1.29, 1.82) is 0 Å². The van der Waals surface area contributed by atoms with Gasteiger partial charge in [0.15, 0.2) is 5.78 Å². The van der Waals surface area contributed by atoms with Crippen molar-refractivity contribution < 1.29 is 9.53 Å². The Kier molecular flexibility index (Phi) is 4.98. The number of nitrogens with one attached hydrogen (secondary N) is 2. The third-order valence-electron chi connectivity index (χ3n) is 4.65. The molecule has 1 aromatic heterocycles. The van der Waals surface area contributed by atoms with Crippen molar-refractivity contribution in [2.24, 2.45) is 0 Å². The first-order valence-corrected chi connectivity index (χ1v) is 9.19. The second kappa shape index (κ2) is 7.72. The van der Waals surface area contributed by atoms with Crippen molar-refractivity contribution in [2.75, 3.05) is 23.8 Å². The number of carbonyl (C=O) groups excluding carboxylic acids is 1. The SMILES string of the molecule is CC(=O)c1cccc(Nc2nc(NCC3CCCO3)c3ccccc3n2)c1. The van der Waals surface area contributed by atoms with E-state index >= 15 is 0 Å². The number of Topliss-reactive ketones (excluding diaryl/α,β-unsaturated/α-hetero) is 1. The van der Waals surface area contributed by atoms with E-state index in [2.05, 4.69) is 20.6 Å². The highest BCUT2D eigenvalue weighted by molar-refractivity contribution is 5.95. The maximum absolute atomic E-state index is 11.6. The molecule has 1 saturated heterocycles. The minimum atomic E-state index is 0.0250. The molecule has 1 aliphatic rings. The summed E-state index contributed by atoms with van der Waals surface area (Å²) in [7, 11) is 0. The molecular weight excluding hydrogens is 340 g/mol. The number of para-hydroxylation sites is 1. The van der Waals surface area contributed by atoms with Gasteiger partial charge in [0.25, 0.3) is 0 Å². The Labute approximate surface area is 158 Å². The highest BCUT2D eigenvalue weighted by atomic mass is 16.5. The molecule has 2 heterocycles. The van der Waals surface area contributed by atoms with E-state index in [0.717, 1.165) is 48.4 Å². The lowest BCUT2D eigenvalue weighted by molar-refractivity contribution is 0.101. The molecule has 0 aliphatic carbocycles. The molecule has 138 valence electrons. The lowest BCUT2D eigenvalue weighted by Gasteiger charge is -2.14. The molecule has 3 aromatic rings. The number of ketones is 1. The van der Waals surface area contributed by atoms with Crippen molar-refractivity contribution in [3.8, 4) is 0 Å².